The van der Waals surface area contributed by atoms with Gasteiger partial charge in [0, 0.05) is 32.1 Å². The first-order valence-electron chi connectivity index (χ1n) is 13.1. The number of hydrogen-bond donors (Lipinski definition) is 0. The Morgan fingerprint density at radius 3 is 1.82 bits per heavy atom. The Kier molecular flexibility index (Phi) is 4.79. The van der Waals surface area contributed by atoms with Crippen LogP contribution < -0.4 is 15.9 Å². The molecular formula is C35H23N2OP. The van der Waals surface area contributed by atoms with E-state index in [9.17, 15) is 0 Å². The molecule has 0 unspecified atom stereocenters. The number of para-hydroxylation sites is 3. The minimum absolute atomic E-state index is 0.825. The predicted molar refractivity (Wildman–Crippen MR) is 165 cm³/mol. The van der Waals surface area contributed by atoms with Crippen LogP contribution in [-0.2, 0) is 4.57 Å². The van der Waals surface area contributed by atoms with E-state index >= 15 is 4.57 Å². The van der Waals surface area contributed by atoms with Crippen LogP contribution in [0, 0.1) is 0 Å². The third kappa shape index (κ3) is 3.11. The highest BCUT2D eigenvalue weighted by molar-refractivity contribution is 7.86. The first-order valence-corrected chi connectivity index (χ1v) is 14.8. The zero-order valence-electron chi connectivity index (χ0n) is 21.0. The average molecular weight is 519 g/mol. The number of imidazole rings is 1. The van der Waals surface area contributed by atoms with E-state index in [4.69, 9.17) is 4.98 Å². The monoisotopic (exact) mass is 518 g/mol. The lowest BCUT2D eigenvalue weighted by molar-refractivity contribution is 0.593. The fourth-order valence-corrected chi connectivity index (χ4v) is 9.22. The Labute approximate surface area is 225 Å². The summed E-state index contributed by atoms with van der Waals surface area (Å²) in [6.45, 7) is 0. The highest BCUT2D eigenvalue weighted by Crippen LogP contribution is 2.48. The van der Waals surface area contributed by atoms with Crippen molar-refractivity contribution >= 4 is 72.2 Å². The van der Waals surface area contributed by atoms with E-state index in [-0.39, 0.29) is 0 Å². The highest BCUT2D eigenvalue weighted by atomic mass is 31.2. The van der Waals surface area contributed by atoms with Crippen molar-refractivity contribution in [1.82, 2.24) is 9.38 Å². The summed E-state index contributed by atoms with van der Waals surface area (Å²) in [5.41, 5.74) is 3.94. The van der Waals surface area contributed by atoms with Crippen molar-refractivity contribution in [2.75, 3.05) is 0 Å². The topological polar surface area (TPSA) is 34.4 Å². The third-order valence-corrected chi connectivity index (χ3v) is 10.9. The molecule has 3 nitrogen and oxygen atoms in total. The van der Waals surface area contributed by atoms with E-state index in [0.717, 1.165) is 65.0 Å². The Morgan fingerprint density at radius 2 is 1.10 bits per heavy atom. The number of fused-ring (bicyclic) bond motifs is 9. The second-order valence-electron chi connectivity index (χ2n) is 9.93. The molecule has 2 heterocycles. The maximum atomic E-state index is 16.0. The molecule has 0 aliphatic rings. The number of aromatic nitrogens is 2. The van der Waals surface area contributed by atoms with Crippen molar-refractivity contribution in [3.8, 4) is 0 Å². The van der Waals surface area contributed by atoms with Crippen LogP contribution in [0.4, 0.5) is 0 Å². The molecule has 0 saturated heterocycles. The molecule has 0 aliphatic carbocycles. The van der Waals surface area contributed by atoms with Gasteiger partial charge in [-0.3, -0.25) is 4.40 Å². The van der Waals surface area contributed by atoms with E-state index in [1.807, 2.05) is 78.9 Å². The van der Waals surface area contributed by atoms with Gasteiger partial charge < -0.3 is 4.57 Å². The second kappa shape index (κ2) is 8.39. The van der Waals surface area contributed by atoms with E-state index in [1.54, 1.807) is 0 Å². The van der Waals surface area contributed by atoms with Crippen molar-refractivity contribution in [1.29, 1.82) is 0 Å². The molecule has 2 aromatic heterocycles. The molecule has 8 aromatic rings. The average Bonchev–Trinajstić information content (AvgIpc) is 3.41. The summed E-state index contributed by atoms with van der Waals surface area (Å²) < 4.78 is 18.2. The van der Waals surface area contributed by atoms with E-state index < -0.39 is 7.14 Å². The van der Waals surface area contributed by atoms with Crippen LogP contribution in [0.15, 0.2) is 140 Å². The van der Waals surface area contributed by atoms with Crippen molar-refractivity contribution in [2.24, 2.45) is 0 Å². The molecule has 0 spiro atoms. The van der Waals surface area contributed by atoms with Gasteiger partial charge in [0.2, 0.25) is 0 Å². The molecule has 0 amide bonds. The Balaban J connectivity index is 1.70. The van der Waals surface area contributed by atoms with Gasteiger partial charge in [0.25, 0.3) is 0 Å². The summed E-state index contributed by atoms with van der Waals surface area (Å²) in [6.07, 6.45) is 0. The zero-order chi connectivity index (χ0) is 26.0. The normalized spacial score (nSPS) is 12.2. The lowest BCUT2D eigenvalue weighted by Crippen LogP contribution is -2.26. The van der Waals surface area contributed by atoms with Gasteiger partial charge in [-0.1, -0.05) is 115 Å². The van der Waals surface area contributed by atoms with Gasteiger partial charge in [0.1, 0.15) is 5.65 Å². The molecule has 0 aliphatic heterocycles. The Morgan fingerprint density at radius 1 is 0.538 bits per heavy atom. The zero-order valence-corrected chi connectivity index (χ0v) is 21.9. The largest absolute Gasteiger partial charge is 0.309 e. The van der Waals surface area contributed by atoms with Gasteiger partial charge in [0.05, 0.1) is 16.6 Å². The van der Waals surface area contributed by atoms with Crippen molar-refractivity contribution in [3.05, 3.63) is 140 Å². The van der Waals surface area contributed by atoms with E-state index in [2.05, 4.69) is 65.1 Å². The summed E-state index contributed by atoms with van der Waals surface area (Å²) in [5.74, 6) is 0. The molecule has 0 N–H and O–H groups in total. The van der Waals surface area contributed by atoms with E-state index in [1.165, 1.54) is 0 Å². The minimum Gasteiger partial charge on any atom is -0.309 e. The summed E-state index contributed by atoms with van der Waals surface area (Å²) >= 11 is 0. The minimum atomic E-state index is -3.32. The Bertz CT molecular complexity index is 2210. The molecule has 0 atom stereocenters. The molecular weight excluding hydrogens is 495 g/mol. The second-order valence-corrected chi connectivity index (χ2v) is 12.6. The Hall–Kier alpha value is -4.72. The first-order chi connectivity index (χ1) is 19.2. The molecule has 0 fully saturated rings. The summed E-state index contributed by atoms with van der Waals surface area (Å²) in [4.78, 5) is 5.14. The molecule has 39 heavy (non-hydrogen) atoms. The van der Waals surface area contributed by atoms with Crippen LogP contribution >= 0.6 is 7.14 Å². The fourth-order valence-electron chi connectivity index (χ4n) is 6.12. The summed E-state index contributed by atoms with van der Waals surface area (Å²) in [7, 11) is -3.32. The molecule has 184 valence electrons. The van der Waals surface area contributed by atoms with Crippen LogP contribution in [0.3, 0.4) is 0 Å². The number of rotatable bonds is 3. The van der Waals surface area contributed by atoms with Gasteiger partial charge in [-0.25, -0.2) is 4.98 Å². The number of benzene rings is 6. The standard InChI is InChI=1S/C35H23N2OP/c38-39(25-14-3-1-4-15-25,26-16-5-2-6-17-26)34-27-18-8-7-13-24(27)23-29-33(34)28-19-9-11-21-31(28)37-32-22-12-10-20-30(32)36-35(29)37/h1-23H. The SMILES string of the molecule is O=P(c1ccccc1)(c1ccccc1)c1c2ccccc2cc2c1c1ccccc1n1c3ccccc3nc21. The predicted octanol–water partition coefficient (Wildman–Crippen LogP) is 7.59. The maximum absolute atomic E-state index is 16.0. The smallest absolute Gasteiger partial charge is 0.172 e. The highest BCUT2D eigenvalue weighted by Gasteiger charge is 2.34. The molecule has 0 bridgehead atoms. The van der Waals surface area contributed by atoms with E-state index in [0.29, 0.717) is 0 Å². The van der Waals surface area contributed by atoms with Gasteiger partial charge in [0.15, 0.2) is 7.14 Å². The first kappa shape index (κ1) is 22.3. The van der Waals surface area contributed by atoms with Gasteiger partial charge in [-0.15, -0.1) is 0 Å². The van der Waals surface area contributed by atoms with Crippen LogP contribution in [0.25, 0.3) is 49.1 Å². The summed E-state index contributed by atoms with van der Waals surface area (Å²) in [5, 5.41) is 7.66. The lowest BCUT2D eigenvalue weighted by Gasteiger charge is -2.25. The van der Waals surface area contributed by atoms with Crippen LogP contribution in [0.2, 0.25) is 0 Å². The lowest BCUT2D eigenvalue weighted by atomic mass is 10.0. The van der Waals surface area contributed by atoms with Gasteiger partial charge in [-0.2, -0.15) is 0 Å². The fraction of sp³-hybridized carbons (Fsp3) is 0. The molecule has 8 rings (SSSR count). The number of pyridine rings is 1. The third-order valence-electron chi connectivity index (χ3n) is 7.79. The molecule has 4 heteroatoms. The van der Waals surface area contributed by atoms with Crippen molar-refractivity contribution in [2.45, 2.75) is 0 Å². The van der Waals surface area contributed by atoms with Gasteiger partial charge in [-0.05, 0) is 35.0 Å². The number of hydrogen-bond acceptors (Lipinski definition) is 2. The maximum Gasteiger partial charge on any atom is 0.172 e. The van der Waals surface area contributed by atoms with Crippen molar-refractivity contribution < 1.29 is 4.57 Å². The van der Waals surface area contributed by atoms with Crippen LogP contribution in [-0.4, -0.2) is 9.38 Å². The van der Waals surface area contributed by atoms with Crippen LogP contribution in [0.5, 0.6) is 0 Å². The van der Waals surface area contributed by atoms with Gasteiger partial charge >= 0.3 is 0 Å². The molecule has 0 saturated carbocycles. The van der Waals surface area contributed by atoms with Crippen LogP contribution in [0.1, 0.15) is 0 Å². The summed E-state index contributed by atoms with van der Waals surface area (Å²) in [6, 6.07) is 47.2. The quantitative estimate of drug-likeness (QED) is 0.137. The number of nitrogens with zero attached hydrogens (tertiary/aromatic N) is 2. The molecule has 6 aromatic carbocycles. The van der Waals surface area contributed by atoms with Crippen molar-refractivity contribution in [3.63, 3.8) is 0 Å². The molecule has 0 radical (unpaired) electrons.